The van der Waals surface area contributed by atoms with Crippen molar-refractivity contribution in [3.8, 4) is 0 Å². The minimum absolute atomic E-state index is 0.777. The zero-order chi connectivity index (χ0) is 21.9. The molecule has 2 aromatic rings. The lowest BCUT2D eigenvalue weighted by molar-refractivity contribution is 1.14. The summed E-state index contributed by atoms with van der Waals surface area (Å²) in [5, 5.41) is 0. The smallest absolute Gasteiger partial charge is 0.0671 e. The largest absolute Gasteiger partial charge is 0.252 e. The van der Waals surface area contributed by atoms with Gasteiger partial charge >= 0.3 is 0 Å². The Hall–Kier alpha value is -3.26. The maximum atomic E-state index is 4.92. The van der Waals surface area contributed by atoms with Gasteiger partial charge in [-0.05, 0) is 73.9 Å². The molecular weight excluding hydrogens is 364 g/mol. The van der Waals surface area contributed by atoms with Crippen molar-refractivity contribution < 1.29 is 0 Å². The molecule has 0 amide bonds. The number of allylic oxidation sites excluding steroid dienone is 4. The monoisotopic (exact) mass is 396 g/mol. The SMILES string of the molecule is C=CCc1cccc(N=C(C)C(C)=Nc2cccc(CC=C)c2CC=C)c1CC=C. The highest BCUT2D eigenvalue weighted by Crippen LogP contribution is 2.27. The van der Waals surface area contributed by atoms with Crippen LogP contribution in [0.3, 0.4) is 0 Å². The van der Waals surface area contributed by atoms with Crippen LogP contribution in [0.15, 0.2) is 97.0 Å². The molecule has 154 valence electrons. The van der Waals surface area contributed by atoms with Crippen LogP contribution in [0.2, 0.25) is 0 Å². The summed E-state index contributed by atoms with van der Waals surface area (Å²) in [5.74, 6) is 0. The van der Waals surface area contributed by atoms with E-state index in [-0.39, 0.29) is 0 Å². The molecule has 0 spiro atoms. The fraction of sp³-hybridized carbons (Fsp3) is 0.214. The lowest BCUT2D eigenvalue weighted by Crippen LogP contribution is -2.06. The van der Waals surface area contributed by atoms with E-state index in [2.05, 4.69) is 50.6 Å². The topological polar surface area (TPSA) is 24.7 Å². The molecule has 0 unspecified atom stereocenters. The third-order valence-electron chi connectivity index (χ3n) is 5.02. The minimum Gasteiger partial charge on any atom is -0.252 e. The van der Waals surface area contributed by atoms with E-state index in [1.807, 2.05) is 50.3 Å². The van der Waals surface area contributed by atoms with E-state index in [9.17, 15) is 0 Å². The summed E-state index contributed by atoms with van der Waals surface area (Å²) in [6, 6.07) is 12.5. The molecule has 0 aromatic heterocycles. The fourth-order valence-corrected chi connectivity index (χ4v) is 3.43. The number of nitrogens with zero attached hydrogens (tertiary/aromatic N) is 2. The number of hydrogen-bond donors (Lipinski definition) is 0. The Balaban J connectivity index is 2.48. The molecule has 0 fully saturated rings. The quantitative estimate of drug-likeness (QED) is 0.278. The summed E-state index contributed by atoms with van der Waals surface area (Å²) >= 11 is 0. The Morgan fingerprint density at radius 3 is 1.33 bits per heavy atom. The second-order valence-electron chi connectivity index (χ2n) is 7.20. The van der Waals surface area contributed by atoms with Crippen LogP contribution in [0.4, 0.5) is 11.4 Å². The van der Waals surface area contributed by atoms with Crippen LogP contribution in [0.5, 0.6) is 0 Å². The zero-order valence-corrected chi connectivity index (χ0v) is 18.3. The normalized spacial score (nSPS) is 11.8. The predicted molar refractivity (Wildman–Crippen MR) is 134 cm³/mol. The van der Waals surface area contributed by atoms with Gasteiger partial charge in [0.25, 0.3) is 0 Å². The number of hydrogen-bond acceptors (Lipinski definition) is 2. The van der Waals surface area contributed by atoms with E-state index in [1.165, 1.54) is 22.3 Å². The number of rotatable bonds is 11. The van der Waals surface area contributed by atoms with E-state index in [4.69, 9.17) is 9.98 Å². The van der Waals surface area contributed by atoms with Gasteiger partial charge in [0, 0.05) is 0 Å². The molecule has 2 nitrogen and oxygen atoms in total. The first-order valence-electron chi connectivity index (χ1n) is 10.3. The first kappa shape index (κ1) is 23.0. The summed E-state index contributed by atoms with van der Waals surface area (Å²) < 4.78 is 0. The Labute approximate surface area is 181 Å². The van der Waals surface area contributed by atoms with E-state index in [0.717, 1.165) is 48.5 Å². The Morgan fingerprint density at radius 1 is 0.633 bits per heavy atom. The molecule has 0 atom stereocenters. The zero-order valence-electron chi connectivity index (χ0n) is 18.3. The van der Waals surface area contributed by atoms with Crippen LogP contribution < -0.4 is 0 Å². The van der Waals surface area contributed by atoms with Crippen LogP contribution in [0.25, 0.3) is 0 Å². The van der Waals surface area contributed by atoms with Crippen LogP contribution in [0, 0.1) is 0 Å². The number of aliphatic imine (C=N–C) groups is 2. The molecule has 0 heterocycles. The van der Waals surface area contributed by atoms with Crippen molar-refractivity contribution in [2.24, 2.45) is 9.98 Å². The minimum atomic E-state index is 0.777. The van der Waals surface area contributed by atoms with E-state index < -0.39 is 0 Å². The molecule has 0 bridgehead atoms. The highest BCUT2D eigenvalue weighted by atomic mass is 14.8. The molecule has 2 aromatic carbocycles. The molecule has 0 N–H and O–H groups in total. The molecule has 2 heteroatoms. The highest BCUT2D eigenvalue weighted by molar-refractivity contribution is 6.41. The third kappa shape index (κ3) is 5.87. The van der Waals surface area contributed by atoms with Gasteiger partial charge in [0.1, 0.15) is 0 Å². The van der Waals surface area contributed by atoms with Crippen molar-refractivity contribution in [3.63, 3.8) is 0 Å². The standard InChI is InChI=1S/C28H32N2/c1-7-13-23-17-11-19-27(25(23)15-9-3)29-21(5)22(6)30-28-20-12-18-24(14-8-2)26(28)16-10-4/h7-12,17-20H,1-4,13-16H2,5-6H3. The lowest BCUT2D eigenvalue weighted by Gasteiger charge is -2.12. The molecular formula is C28H32N2. The molecule has 0 saturated heterocycles. The summed E-state index contributed by atoms with van der Waals surface area (Å²) in [6.07, 6.45) is 10.9. The van der Waals surface area contributed by atoms with Crippen LogP contribution in [-0.4, -0.2) is 11.4 Å². The van der Waals surface area contributed by atoms with Crippen molar-refractivity contribution in [3.05, 3.63) is 109 Å². The third-order valence-corrected chi connectivity index (χ3v) is 5.02. The highest BCUT2D eigenvalue weighted by Gasteiger charge is 2.09. The summed E-state index contributed by atoms with van der Waals surface area (Å²) in [6.45, 7) is 19.6. The fourth-order valence-electron chi connectivity index (χ4n) is 3.43. The van der Waals surface area contributed by atoms with Gasteiger partial charge in [-0.3, -0.25) is 9.98 Å². The van der Waals surface area contributed by atoms with Gasteiger partial charge in [0.05, 0.1) is 22.8 Å². The predicted octanol–water partition coefficient (Wildman–Crippen LogP) is 7.49. The van der Waals surface area contributed by atoms with Gasteiger partial charge in [-0.15, -0.1) is 26.3 Å². The Bertz CT molecular complexity index is 908. The Kier molecular flexibility index (Phi) is 8.96. The van der Waals surface area contributed by atoms with Gasteiger partial charge < -0.3 is 0 Å². The van der Waals surface area contributed by atoms with Gasteiger partial charge in [-0.25, -0.2) is 0 Å². The van der Waals surface area contributed by atoms with Crippen molar-refractivity contribution in [2.45, 2.75) is 39.5 Å². The maximum absolute atomic E-state index is 4.92. The first-order chi connectivity index (χ1) is 14.5. The van der Waals surface area contributed by atoms with Gasteiger partial charge in [-0.1, -0.05) is 48.6 Å². The molecule has 0 saturated carbocycles. The van der Waals surface area contributed by atoms with Crippen molar-refractivity contribution in [2.75, 3.05) is 0 Å². The van der Waals surface area contributed by atoms with Crippen LogP contribution in [0.1, 0.15) is 36.1 Å². The summed E-state index contributed by atoms with van der Waals surface area (Å²) in [5.41, 5.74) is 8.59. The molecule has 2 rings (SSSR count). The summed E-state index contributed by atoms with van der Waals surface area (Å²) in [7, 11) is 0. The molecule has 0 aliphatic heterocycles. The van der Waals surface area contributed by atoms with Gasteiger partial charge in [0.2, 0.25) is 0 Å². The first-order valence-corrected chi connectivity index (χ1v) is 10.3. The average molecular weight is 397 g/mol. The van der Waals surface area contributed by atoms with E-state index >= 15 is 0 Å². The average Bonchev–Trinajstić information content (AvgIpc) is 2.73. The van der Waals surface area contributed by atoms with Crippen LogP contribution in [-0.2, 0) is 25.7 Å². The lowest BCUT2D eigenvalue weighted by atomic mass is 9.99. The molecule has 0 aliphatic carbocycles. The second-order valence-corrected chi connectivity index (χ2v) is 7.20. The van der Waals surface area contributed by atoms with E-state index in [0.29, 0.717) is 0 Å². The van der Waals surface area contributed by atoms with Crippen molar-refractivity contribution in [1.82, 2.24) is 0 Å². The van der Waals surface area contributed by atoms with E-state index in [1.54, 1.807) is 0 Å². The summed E-state index contributed by atoms with van der Waals surface area (Å²) in [4.78, 5) is 9.84. The van der Waals surface area contributed by atoms with Gasteiger partial charge in [0.15, 0.2) is 0 Å². The molecule has 0 radical (unpaired) electrons. The molecule has 0 aliphatic rings. The second kappa shape index (κ2) is 11.7. The van der Waals surface area contributed by atoms with Crippen molar-refractivity contribution in [1.29, 1.82) is 0 Å². The number of benzene rings is 2. The Morgan fingerprint density at radius 2 is 1.00 bits per heavy atom. The molecule has 30 heavy (non-hydrogen) atoms. The maximum Gasteiger partial charge on any atom is 0.0671 e. The van der Waals surface area contributed by atoms with Gasteiger partial charge in [-0.2, -0.15) is 0 Å². The van der Waals surface area contributed by atoms with Crippen LogP contribution >= 0.6 is 0 Å². The van der Waals surface area contributed by atoms with Crippen molar-refractivity contribution >= 4 is 22.8 Å².